The van der Waals surface area contributed by atoms with E-state index in [-0.39, 0.29) is 0 Å². The van der Waals surface area contributed by atoms with Crippen molar-refractivity contribution in [3.05, 3.63) is 0 Å². The van der Waals surface area contributed by atoms with Gasteiger partial charge in [0.1, 0.15) is 0 Å². The molecular formula is C13H29NO. The number of nitrogens with one attached hydrogen (secondary N) is 1. The van der Waals surface area contributed by atoms with E-state index in [1.165, 1.54) is 6.42 Å². The normalized spacial score (nSPS) is 16.0. The minimum absolute atomic E-state index is 0.581. The molecule has 0 saturated heterocycles. The Morgan fingerprint density at radius 3 is 1.87 bits per heavy atom. The largest absolute Gasteiger partial charge is 0.385 e. The van der Waals surface area contributed by atoms with Crippen LogP contribution in [0.15, 0.2) is 0 Å². The van der Waals surface area contributed by atoms with Crippen molar-refractivity contribution in [2.45, 2.75) is 59.5 Å². The molecule has 0 heterocycles. The van der Waals surface area contributed by atoms with Crippen LogP contribution in [0.1, 0.15) is 47.5 Å². The molecule has 0 spiro atoms. The molecule has 0 aliphatic heterocycles. The summed E-state index contributed by atoms with van der Waals surface area (Å²) >= 11 is 0. The fraction of sp³-hybridized carbons (Fsp3) is 1.00. The van der Waals surface area contributed by atoms with E-state index in [9.17, 15) is 0 Å². The summed E-state index contributed by atoms with van der Waals surface area (Å²) in [7, 11) is 1.77. The number of hydrogen-bond donors (Lipinski definition) is 1. The molecule has 2 nitrogen and oxygen atoms in total. The lowest BCUT2D eigenvalue weighted by molar-refractivity contribution is 0.166. The molecule has 0 aromatic carbocycles. The highest BCUT2D eigenvalue weighted by molar-refractivity contribution is 4.77. The first-order chi connectivity index (χ1) is 7.02. The maximum Gasteiger partial charge on any atom is 0.0477 e. The van der Waals surface area contributed by atoms with Gasteiger partial charge in [-0.1, -0.05) is 34.6 Å². The number of hydrogen-bond acceptors (Lipinski definition) is 2. The molecule has 92 valence electrons. The molecular weight excluding hydrogens is 186 g/mol. The second kappa shape index (κ2) is 8.12. The Morgan fingerprint density at radius 2 is 1.53 bits per heavy atom. The van der Waals surface area contributed by atoms with Crippen molar-refractivity contribution in [2.24, 2.45) is 11.8 Å². The minimum Gasteiger partial charge on any atom is -0.385 e. The van der Waals surface area contributed by atoms with Gasteiger partial charge in [-0.05, 0) is 24.7 Å². The van der Waals surface area contributed by atoms with Gasteiger partial charge in [-0.2, -0.15) is 0 Å². The van der Waals surface area contributed by atoms with Gasteiger partial charge in [0.25, 0.3) is 0 Å². The van der Waals surface area contributed by atoms with E-state index in [1.807, 2.05) is 0 Å². The Hall–Kier alpha value is -0.0800. The van der Waals surface area contributed by atoms with Crippen LogP contribution >= 0.6 is 0 Å². The standard InChI is InChI=1S/C13H29NO/c1-7-12(10(2)3)14-13(11(4)5)8-9-15-6/h10-14H,7-9H2,1-6H3. The van der Waals surface area contributed by atoms with Gasteiger partial charge in [0.05, 0.1) is 0 Å². The van der Waals surface area contributed by atoms with Gasteiger partial charge in [-0.3, -0.25) is 0 Å². The number of methoxy groups -OCH3 is 1. The molecule has 0 bridgehead atoms. The third-order valence-corrected chi connectivity index (χ3v) is 3.11. The van der Waals surface area contributed by atoms with Crippen LogP contribution in [0.4, 0.5) is 0 Å². The van der Waals surface area contributed by atoms with Crippen molar-refractivity contribution in [3.63, 3.8) is 0 Å². The average molecular weight is 215 g/mol. The molecule has 0 rings (SSSR count). The molecule has 2 unspecified atom stereocenters. The second-order valence-electron chi connectivity index (χ2n) is 5.06. The first-order valence-corrected chi connectivity index (χ1v) is 6.27. The van der Waals surface area contributed by atoms with Crippen LogP contribution in [-0.4, -0.2) is 25.8 Å². The molecule has 2 atom stereocenters. The van der Waals surface area contributed by atoms with E-state index >= 15 is 0 Å². The highest BCUT2D eigenvalue weighted by atomic mass is 16.5. The van der Waals surface area contributed by atoms with Gasteiger partial charge in [0.15, 0.2) is 0 Å². The summed E-state index contributed by atoms with van der Waals surface area (Å²) in [6.45, 7) is 12.2. The first kappa shape index (κ1) is 14.9. The molecule has 1 N–H and O–H groups in total. The maximum atomic E-state index is 5.16. The van der Waals surface area contributed by atoms with Gasteiger partial charge in [-0.15, -0.1) is 0 Å². The van der Waals surface area contributed by atoms with E-state index in [2.05, 4.69) is 39.9 Å². The molecule has 0 aromatic rings. The Labute approximate surface area is 95.8 Å². The topological polar surface area (TPSA) is 21.3 Å². The summed E-state index contributed by atoms with van der Waals surface area (Å²) in [6.07, 6.45) is 2.31. The minimum atomic E-state index is 0.581. The van der Waals surface area contributed by atoms with Crippen molar-refractivity contribution in [3.8, 4) is 0 Å². The molecule has 15 heavy (non-hydrogen) atoms. The van der Waals surface area contributed by atoms with Gasteiger partial charge in [0, 0.05) is 25.8 Å². The Kier molecular flexibility index (Phi) is 8.07. The van der Waals surface area contributed by atoms with Gasteiger partial charge >= 0.3 is 0 Å². The Morgan fingerprint density at radius 1 is 1.00 bits per heavy atom. The maximum absolute atomic E-state index is 5.16. The van der Waals surface area contributed by atoms with Crippen molar-refractivity contribution in [1.29, 1.82) is 0 Å². The molecule has 0 aromatic heterocycles. The van der Waals surface area contributed by atoms with Crippen LogP contribution in [-0.2, 0) is 4.74 Å². The molecule has 0 saturated carbocycles. The summed E-state index contributed by atoms with van der Waals surface area (Å²) < 4.78 is 5.16. The van der Waals surface area contributed by atoms with E-state index in [4.69, 9.17) is 4.74 Å². The lowest BCUT2D eigenvalue weighted by Gasteiger charge is -2.30. The quantitative estimate of drug-likeness (QED) is 0.672. The number of ether oxygens (including phenoxy) is 1. The zero-order valence-electron chi connectivity index (χ0n) is 11.3. The summed E-state index contributed by atoms with van der Waals surface area (Å²) in [5, 5.41) is 3.76. The van der Waals surface area contributed by atoms with Crippen molar-refractivity contribution >= 4 is 0 Å². The Bertz CT molecular complexity index is 145. The predicted octanol–water partition coefficient (Wildman–Crippen LogP) is 3.07. The summed E-state index contributed by atoms with van der Waals surface area (Å²) in [6, 6.07) is 1.21. The SMILES string of the molecule is CCC(NC(CCOC)C(C)C)C(C)C. The lowest BCUT2D eigenvalue weighted by atomic mass is 9.95. The van der Waals surface area contributed by atoms with E-state index in [1.54, 1.807) is 7.11 Å². The monoisotopic (exact) mass is 215 g/mol. The molecule has 2 heteroatoms. The second-order valence-corrected chi connectivity index (χ2v) is 5.06. The summed E-state index contributed by atoms with van der Waals surface area (Å²) in [5.41, 5.74) is 0. The van der Waals surface area contributed by atoms with Crippen LogP contribution in [0, 0.1) is 11.8 Å². The average Bonchev–Trinajstić information content (AvgIpc) is 2.17. The van der Waals surface area contributed by atoms with E-state index in [0.29, 0.717) is 23.9 Å². The summed E-state index contributed by atoms with van der Waals surface area (Å²) in [5.74, 6) is 1.38. The lowest BCUT2D eigenvalue weighted by Crippen LogP contribution is -2.44. The fourth-order valence-corrected chi connectivity index (χ4v) is 1.91. The van der Waals surface area contributed by atoms with Crippen LogP contribution in [0.3, 0.4) is 0 Å². The van der Waals surface area contributed by atoms with Crippen LogP contribution in [0.5, 0.6) is 0 Å². The molecule has 0 amide bonds. The van der Waals surface area contributed by atoms with E-state index < -0.39 is 0 Å². The Balaban J connectivity index is 4.12. The van der Waals surface area contributed by atoms with E-state index in [0.717, 1.165) is 13.0 Å². The van der Waals surface area contributed by atoms with Gasteiger partial charge < -0.3 is 10.1 Å². The van der Waals surface area contributed by atoms with Crippen molar-refractivity contribution in [2.75, 3.05) is 13.7 Å². The number of rotatable bonds is 8. The molecule has 0 radical (unpaired) electrons. The van der Waals surface area contributed by atoms with Crippen LogP contribution < -0.4 is 5.32 Å². The van der Waals surface area contributed by atoms with Crippen LogP contribution in [0.2, 0.25) is 0 Å². The molecule has 0 fully saturated rings. The molecule has 0 aliphatic rings. The predicted molar refractivity (Wildman–Crippen MR) is 67.2 cm³/mol. The van der Waals surface area contributed by atoms with Crippen molar-refractivity contribution in [1.82, 2.24) is 5.32 Å². The first-order valence-electron chi connectivity index (χ1n) is 6.27. The highest BCUT2D eigenvalue weighted by Gasteiger charge is 2.18. The molecule has 0 aliphatic carbocycles. The van der Waals surface area contributed by atoms with Gasteiger partial charge in [0.2, 0.25) is 0 Å². The zero-order valence-corrected chi connectivity index (χ0v) is 11.3. The third kappa shape index (κ3) is 6.16. The fourth-order valence-electron chi connectivity index (χ4n) is 1.91. The van der Waals surface area contributed by atoms with Crippen LogP contribution in [0.25, 0.3) is 0 Å². The smallest absolute Gasteiger partial charge is 0.0477 e. The highest BCUT2D eigenvalue weighted by Crippen LogP contribution is 2.12. The van der Waals surface area contributed by atoms with Crippen molar-refractivity contribution < 1.29 is 4.74 Å². The van der Waals surface area contributed by atoms with Gasteiger partial charge in [-0.25, -0.2) is 0 Å². The zero-order chi connectivity index (χ0) is 11.8. The third-order valence-electron chi connectivity index (χ3n) is 3.11. The summed E-state index contributed by atoms with van der Waals surface area (Å²) in [4.78, 5) is 0.